The van der Waals surface area contributed by atoms with E-state index in [1.807, 2.05) is 0 Å². The Hall–Kier alpha value is 0.580. The molecule has 0 saturated carbocycles. The highest BCUT2D eigenvalue weighted by Gasteiger charge is 2.29. The van der Waals surface area contributed by atoms with Crippen LogP contribution in [0.15, 0.2) is 13.6 Å². The maximum Gasteiger partial charge on any atom is 0.0758 e. The van der Waals surface area contributed by atoms with Crippen molar-refractivity contribution in [2.45, 2.75) is 25.5 Å². The van der Waals surface area contributed by atoms with Crippen molar-refractivity contribution in [3.63, 3.8) is 0 Å². The third-order valence-electron chi connectivity index (χ3n) is 2.78. The summed E-state index contributed by atoms with van der Waals surface area (Å²) in [5, 5.41) is 0. The van der Waals surface area contributed by atoms with Crippen LogP contribution in [-0.2, 0) is 4.74 Å². The summed E-state index contributed by atoms with van der Waals surface area (Å²) < 4.78 is 7.79. The Morgan fingerprint density at radius 1 is 1.60 bits per heavy atom. The Balaban J connectivity index is 2.13. The quantitative estimate of drug-likeness (QED) is 0.878. The van der Waals surface area contributed by atoms with Gasteiger partial charge in [0.15, 0.2) is 0 Å². The maximum absolute atomic E-state index is 6.25. The van der Waals surface area contributed by atoms with Crippen molar-refractivity contribution in [3.05, 3.63) is 19.2 Å². The second-order valence-corrected chi connectivity index (χ2v) is 7.69. The van der Waals surface area contributed by atoms with Gasteiger partial charge in [-0.3, -0.25) is 0 Å². The summed E-state index contributed by atoms with van der Waals surface area (Å²) >= 11 is 8.69. The van der Waals surface area contributed by atoms with Crippen LogP contribution in [-0.4, -0.2) is 12.7 Å². The second kappa shape index (κ2) is 4.84. The molecule has 1 aliphatic rings. The van der Waals surface area contributed by atoms with E-state index in [1.165, 1.54) is 5.56 Å². The van der Waals surface area contributed by atoms with Crippen LogP contribution in [0.1, 0.15) is 24.9 Å². The molecule has 2 heterocycles. The molecule has 15 heavy (non-hydrogen) atoms. The summed E-state index contributed by atoms with van der Waals surface area (Å²) in [6, 6.07) is 2.18. The van der Waals surface area contributed by atoms with Gasteiger partial charge in [0, 0.05) is 12.0 Å². The van der Waals surface area contributed by atoms with Crippen molar-refractivity contribution >= 4 is 43.2 Å². The first-order valence-electron chi connectivity index (χ1n) is 4.90. The zero-order valence-electron chi connectivity index (χ0n) is 8.37. The smallest absolute Gasteiger partial charge is 0.0758 e. The lowest BCUT2D eigenvalue weighted by atomic mass is 9.93. The average molecular weight is 355 g/mol. The maximum atomic E-state index is 6.25. The molecule has 0 aromatic carbocycles. The van der Waals surface area contributed by atoms with Crippen LogP contribution in [0.4, 0.5) is 0 Å². The van der Waals surface area contributed by atoms with E-state index < -0.39 is 0 Å². The number of halogens is 2. The van der Waals surface area contributed by atoms with E-state index in [1.54, 1.807) is 11.3 Å². The molecule has 3 unspecified atom stereocenters. The Bertz CT molecular complexity index is 355. The third-order valence-corrected chi connectivity index (χ3v) is 5.17. The first kappa shape index (κ1) is 12.0. The molecule has 3 atom stereocenters. The predicted molar refractivity (Wildman–Crippen MR) is 70.2 cm³/mol. The number of hydrogen-bond acceptors (Lipinski definition) is 3. The average Bonchev–Trinajstić information content (AvgIpc) is 2.71. The van der Waals surface area contributed by atoms with Crippen LogP contribution in [0.5, 0.6) is 0 Å². The van der Waals surface area contributed by atoms with Gasteiger partial charge in [-0.05, 0) is 56.8 Å². The van der Waals surface area contributed by atoms with Gasteiger partial charge in [0.1, 0.15) is 0 Å². The molecular formula is C10H13Br2NOS. The fourth-order valence-corrected chi connectivity index (χ4v) is 4.89. The molecule has 1 aromatic heterocycles. The first-order chi connectivity index (χ1) is 7.08. The van der Waals surface area contributed by atoms with Crippen molar-refractivity contribution in [1.29, 1.82) is 0 Å². The molecule has 1 aliphatic heterocycles. The summed E-state index contributed by atoms with van der Waals surface area (Å²) in [4.78, 5) is 0. The zero-order chi connectivity index (χ0) is 11.0. The van der Waals surface area contributed by atoms with E-state index in [0.29, 0.717) is 12.0 Å². The Morgan fingerprint density at radius 3 is 2.80 bits per heavy atom. The van der Waals surface area contributed by atoms with Crippen molar-refractivity contribution in [1.82, 2.24) is 0 Å². The minimum Gasteiger partial charge on any atom is -0.378 e. The normalized spacial score (nSPS) is 28.3. The topological polar surface area (TPSA) is 35.2 Å². The molecule has 5 heteroatoms. The third kappa shape index (κ3) is 2.64. The highest BCUT2D eigenvalue weighted by Crippen LogP contribution is 2.39. The summed E-state index contributed by atoms with van der Waals surface area (Å²) in [5.74, 6) is 0.442. The number of rotatable bonds is 2. The second-order valence-electron chi connectivity index (χ2n) is 3.95. The summed E-state index contributed by atoms with van der Waals surface area (Å²) in [7, 11) is 0. The van der Waals surface area contributed by atoms with E-state index >= 15 is 0 Å². The standard InChI is InChI=1S/C10H13Br2NOS/c1-5-2-6(4-14-5)9(13)7-3-8(11)15-10(7)12/h3,5-6,9H,2,4,13H2,1H3. The lowest BCUT2D eigenvalue weighted by Crippen LogP contribution is -2.21. The largest absolute Gasteiger partial charge is 0.378 e. The van der Waals surface area contributed by atoms with Crippen LogP contribution in [0, 0.1) is 5.92 Å². The number of nitrogens with two attached hydrogens (primary N) is 1. The molecular weight excluding hydrogens is 342 g/mol. The minimum absolute atomic E-state index is 0.0758. The predicted octanol–water partition coefficient (Wildman–Crippen LogP) is 3.70. The molecule has 0 spiro atoms. The van der Waals surface area contributed by atoms with Crippen LogP contribution < -0.4 is 5.73 Å². The van der Waals surface area contributed by atoms with E-state index in [0.717, 1.165) is 20.6 Å². The lowest BCUT2D eigenvalue weighted by molar-refractivity contribution is 0.118. The molecule has 1 aromatic rings. The highest BCUT2D eigenvalue weighted by molar-refractivity contribution is 9.12. The Kier molecular flexibility index (Phi) is 3.88. The van der Waals surface area contributed by atoms with Crippen molar-refractivity contribution in [2.75, 3.05) is 6.61 Å². The first-order valence-corrected chi connectivity index (χ1v) is 7.30. The molecule has 0 radical (unpaired) electrons. The molecule has 0 bridgehead atoms. The monoisotopic (exact) mass is 353 g/mol. The van der Waals surface area contributed by atoms with Crippen LogP contribution in [0.25, 0.3) is 0 Å². The van der Waals surface area contributed by atoms with E-state index in [4.69, 9.17) is 10.5 Å². The Morgan fingerprint density at radius 2 is 2.33 bits per heavy atom. The van der Waals surface area contributed by atoms with E-state index in [2.05, 4.69) is 44.8 Å². The van der Waals surface area contributed by atoms with Crippen LogP contribution in [0.3, 0.4) is 0 Å². The molecule has 84 valence electrons. The molecule has 2 rings (SSSR count). The van der Waals surface area contributed by atoms with E-state index in [-0.39, 0.29) is 6.04 Å². The van der Waals surface area contributed by atoms with Gasteiger partial charge in [-0.1, -0.05) is 0 Å². The van der Waals surface area contributed by atoms with Gasteiger partial charge in [-0.25, -0.2) is 0 Å². The van der Waals surface area contributed by atoms with Gasteiger partial charge >= 0.3 is 0 Å². The molecule has 2 nitrogen and oxygen atoms in total. The van der Waals surface area contributed by atoms with Gasteiger partial charge in [-0.2, -0.15) is 0 Å². The van der Waals surface area contributed by atoms with Gasteiger partial charge in [-0.15, -0.1) is 11.3 Å². The van der Waals surface area contributed by atoms with Gasteiger partial charge in [0.25, 0.3) is 0 Å². The fraction of sp³-hybridized carbons (Fsp3) is 0.600. The van der Waals surface area contributed by atoms with Crippen molar-refractivity contribution in [2.24, 2.45) is 11.7 Å². The SMILES string of the molecule is CC1CC(C(N)c2cc(Br)sc2Br)CO1. The number of hydrogen-bond donors (Lipinski definition) is 1. The van der Waals surface area contributed by atoms with Gasteiger partial charge in [0.05, 0.1) is 20.3 Å². The summed E-state index contributed by atoms with van der Waals surface area (Å²) in [6.07, 6.45) is 1.41. The molecule has 2 N–H and O–H groups in total. The molecule has 0 aliphatic carbocycles. The van der Waals surface area contributed by atoms with Gasteiger partial charge in [0.2, 0.25) is 0 Å². The zero-order valence-corrected chi connectivity index (χ0v) is 12.4. The van der Waals surface area contributed by atoms with Crippen LogP contribution in [0.2, 0.25) is 0 Å². The fourth-order valence-electron chi connectivity index (χ4n) is 1.93. The Labute approximate surface area is 110 Å². The van der Waals surface area contributed by atoms with Gasteiger partial charge < -0.3 is 10.5 Å². The molecule has 1 fully saturated rings. The highest BCUT2D eigenvalue weighted by atomic mass is 79.9. The van der Waals surface area contributed by atoms with Crippen LogP contribution >= 0.6 is 43.2 Å². The summed E-state index contributed by atoms with van der Waals surface area (Å²) in [5.41, 5.74) is 7.44. The number of thiophene rings is 1. The lowest BCUT2D eigenvalue weighted by Gasteiger charge is -2.17. The molecule has 0 amide bonds. The van der Waals surface area contributed by atoms with Crippen molar-refractivity contribution < 1.29 is 4.74 Å². The summed E-state index contributed by atoms with van der Waals surface area (Å²) in [6.45, 7) is 2.88. The number of ether oxygens (including phenoxy) is 1. The molecule has 1 saturated heterocycles. The van der Waals surface area contributed by atoms with E-state index in [9.17, 15) is 0 Å². The minimum atomic E-state index is 0.0758. The van der Waals surface area contributed by atoms with Crippen molar-refractivity contribution in [3.8, 4) is 0 Å².